The molecule has 1 aliphatic carbocycles. The minimum absolute atomic E-state index is 0.0337. The molecule has 0 spiro atoms. The van der Waals surface area contributed by atoms with E-state index in [0.717, 1.165) is 4.90 Å². The lowest BCUT2D eigenvalue weighted by Gasteiger charge is -2.28. The topological polar surface area (TPSA) is 122 Å². The number of fused-ring (bicyclic) bond motifs is 1. The zero-order valence-electron chi connectivity index (χ0n) is 18.6. The predicted molar refractivity (Wildman–Crippen MR) is 132 cm³/mol. The SMILES string of the molecule is O=C(COC(=O)c1cccc(N2C(=O)[C@@H]3C[C@H](Cl)[C@@H](Cl)C[C@H]3C2=O)c1)NNC(=O)c1ccc(Cl)cc1. The summed E-state index contributed by atoms with van der Waals surface area (Å²) in [6, 6.07) is 11.8. The van der Waals surface area contributed by atoms with Gasteiger partial charge in [-0.2, -0.15) is 0 Å². The summed E-state index contributed by atoms with van der Waals surface area (Å²) in [5.74, 6) is -4.10. The smallest absolute Gasteiger partial charge is 0.338 e. The number of alkyl halides is 2. The highest BCUT2D eigenvalue weighted by Crippen LogP contribution is 2.43. The van der Waals surface area contributed by atoms with Gasteiger partial charge in [0, 0.05) is 10.6 Å². The highest BCUT2D eigenvalue weighted by Gasteiger charge is 2.52. The van der Waals surface area contributed by atoms with E-state index in [1.54, 1.807) is 0 Å². The van der Waals surface area contributed by atoms with Crippen LogP contribution in [0.25, 0.3) is 0 Å². The molecule has 0 unspecified atom stereocenters. The fraction of sp³-hybridized carbons (Fsp3) is 0.292. The van der Waals surface area contributed by atoms with Crippen molar-refractivity contribution in [2.45, 2.75) is 23.6 Å². The highest BCUT2D eigenvalue weighted by atomic mass is 35.5. The molecule has 2 N–H and O–H groups in total. The first-order valence-corrected chi connectivity index (χ1v) is 12.2. The van der Waals surface area contributed by atoms with E-state index in [-0.39, 0.29) is 28.6 Å². The minimum atomic E-state index is -0.853. The van der Waals surface area contributed by atoms with E-state index in [0.29, 0.717) is 17.9 Å². The number of hydrogen-bond acceptors (Lipinski definition) is 6. The molecule has 12 heteroatoms. The van der Waals surface area contributed by atoms with Crippen LogP contribution in [-0.4, -0.2) is 47.0 Å². The third kappa shape index (κ3) is 5.48. The van der Waals surface area contributed by atoms with Crippen LogP contribution in [0.2, 0.25) is 5.02 Å². The van der Waals surface area contributed by atoms with Crippen molar-refractivity contribution in [1.82, 2.24) is 10.9 Å². The largest absolute Gasteiger partial charge is 0.452 e. The van der Waals surface area contributed by atoms with Crippen molar-refractivity contribution in [2.75, 3.05) is 11.5 Å². The number of nitrogens with zero attached hydrogens (tertiary/aromatic N) is 1. The molecule has 1 heterocycles. The second kappa shape index (κ2) is 10.9. The fourth-order valence-corrected chi connectivity index (χ4v) is 4.89. The Morgan fingerprint density at radius 3 is 2.11 bits per heavy atom. The van der Waals surface area contributed by atoms with Gasteiger partial charge in [-0.15, -0.1) is 23.2 Å². The van der Waals surface area contributed by atoms with Crippen LogP contribution >= 0.6 is 34.8 Å². The van der Waals surface area contributed by atoms with Crippen LogP contribution < -0.4 is 15.8 Å². The van der Waals surface area contributed by atoms with Gasteiger partial charge in [0.1, 0.15) is 0 Å². The lowest BCUT2D eigenvalue weighted by atomic mass is 9.80. The normalized spacial score (nSPS) is 23.1. The second-order valence-electron chi connectivity index (χ2n) is 8.36. The van der Waals surface area contributed by atoms with Gasteiger partial charge in [-0.3, -0.25) is 34.9 Å². The van der Waals surface area contributed by atoms with Gasteiger partial charge in [-0.05, 0) is 55.3 Å². The van der Waals surface area contributed by atoms with Crippen LogP contribution in [0.15, 0.2) is 48.5 Å². The average Bonchev–Trinajstić information content (AvgIpc) is 3.10. The molecule has 0 radical (unpaired) electrons. The highest BCUT2D eigenvalue weighted by molar-refractivity contribution is 6.31. The van der Waals surface area contributed by atoms with Gasteiger partial charge >= 0.3 is 5.97 Å². The fourth-order valence-electron chi connectivity index (χ4n) is 4.17. The van der Waals surface area contributed by atoms with E-state index < -0.39 is 47.0 Å². The number of ether oxygens (including phenoxy) is 1. The molecule has 9 nitrogen and oxygen atoms in total. The molecule has 2 fully saturated rings. The van der Waals surface area contributed by atoms with Crippen LogP contribution in [0, 0.1) is 11.8 Å². The van der Waals surface area contributed by atoms with E-state index in [2.05, 4.69) is 10.9 Å². The maximum atomic E-state index is 12.9. The number of rotatable bonds is 5. The number of carbonyl (C=O) groups is 5. The summed E-state index contributed by atoms with van der Waals surface area (Å²) in [4.78, 5) is 63.4. The number of hydrogen-bond donors (Lipinski definition) is 2. The summed E-state index contributed by atoms with van der Waals surface area (Å²) in [5.41, 5.74) is 4.85. The number of benzene rings is 2. The Bertz CT molecular complexity index is 1190. The van der Waals surface area contributed by atoms with E-state index >= 15 is 0 Å². The Kier molecular flexibility index (Phi) is 7.82. The molecule has 2 aromatic rings. The number of nitrogens with one attached hydrogen (secondary N) is 2. The van der Waals surface area contributed by atoms with Crippen molar-refractivity contribution >= 4 is 70.1 Å². The number of halogens is 3. The van der Waals surface area contributed by atoms with Crippen molar-refractivity contribution in [3.8, 4) is 0 Å². The molecule has 2 aliphatic rings. The summed E-state index contributed by atoms with van der Waals surface area (Å²) in [6.45, 7) is -0.677. The molecule has 4 rings (SSSR count). The first kappa shape index (κ1) is 25.9. The Hall–Kier alpha value is -3.14. The summed E-state index contributed by atoms with van der Waals surface area (Å²) in [6.07, 6.45) is 0.597. The molecular weight excluding hydrogens is 533 g/mol. The first-order chi connectivity index (χ1) is 17.2. The number of hydrazine groups is 1. The summed E-state index contributed by atoms with van der Waals surface area (Å²) < 4.78 is 4.99. The molecule has 188 valence electrons. The molecule has 1 saturated carbocycles. The zero-order chi connectivity index (χ0) is 26.0. The van der Waals surface area contributed by atoms with Gasteiger partial charge in [0.2, 0.25) is 11.8 Å². The van der Waals surface area contributed by atoms with Crippen LogP contribution in [0.1, 0.15) is 33.6 Å². The molecule has 4 amide bonds. The molecule has 1 aliphatic heterocycles. The summed E-state index contributed by atoms with van der Waals surface area (Å²) >= 11 is 18.2. The zero-order valence-corrected chi connectivity index (χ0v) is 20.8. The average molecular weight is 553 g/mol. The van der Waals surface area contributed by atoms with Crippen LogP contribution in [0.4, 0.5) is 5.69 Å². The quantitative estimate of drug-likeness (QED) is 0.254. The Morgan fingerprint density at radius 1 is 0.889 bits per heavy atom. The third-order valence-corrected chi connectivity index (χ3v) is 7.35. The Balaban J connectivity index is 1.34. The molecule has 0 aromatic heterocycles. The van der Waals surface area contributed by atoms with Crippen molar-refractivity contribution in [2.24, 2.45) is 11.8 Å². The van der Waals surface area contributed by atoms with Crippen LogP contribution in [-0.2, 0) is 19.1 Å². The predicted octanol–water partition coefficient (Wildman–Crippen LogP) is 3.07. The molecule has 2 aromatic carbocycles. The van der Waals surface area contributed by atoms with Crippen LogP contribution in [0.5, 0.6) is 0 Å². The molecule has 4 atom stereocenters. The van der Waals surface area contributed by atoms with Crippen molar-refractivity contribution in [1.29, 1.82) is 0 Å². The molecule has 36 heavy (non-hydrogen) atoms. The van der Waals surface area contributed by atoms with Gasteiger partial charge in [-0.1, -0.05) is 17.7 Å². The number of amides is 4. The standard InChI is InChI=1S/C24H20Cl3N3O6/c25-14-6-4-12(5-7-14)21(32)29-28-20(31)11-36-24(35)13-2-1-3-15(8-13)30-22(33)16-9-18(26)19(27)10-17(16)23(30)34/h1-8,16-19H,9-11H2,(H,28,31)(H,29,32)/t16-,17-,18+,19+/m1/s1. The maximum Gasteiger partial charge on any atom is 0.338 e. The number of imide groups is 1. The van der Waals surface area contributed by atoms with E-state index in [9.17, 15) is 24.0 Å². The Labute approximate surface area is 221 Å². The van der Waals surface area contributed by atoms with Crippen molar-refractivity contribution in [3.63, 3.8) is 0 Å². The van der Waals surface area contributed by atoms with E-state index in [4.69, 9.17) is 39.5 Å². The van der Waals surface area contributed by atoms with Gasteiger partial charge < -0.3 is 4.74 Å². The lowest BCUT2D eigenvalue weighted by Crippen LogP contribution is -2.43. The molecule has 0 bridgehead atoms. The van der Waals surface area contributed by atoms with Crippen molar-refractivity contribution < 1.29 is 28.7 Å². The third-order valence-electron chi connectivity index (χ3n) is 6.01. The summed E-state index contributed by atoms with van der Waals surface area (Å²) in [5, 5.41) is -0.364. The second-order valence-corrected chi connectivity index (χ2v) is 9.92. The maximum absolute atomic E-state index is 12.9. The number of esters is 1. The Morgan fingerprint density at radius 2 is 1.50 bits per heavy atom. The molecule has 1 saturated heterocycles. The van der Waals surface area contributed by atoms with Crippen LogP contribution in [0.3, 0.4) is 0 Å². The monoisotopic (exact) mass is 551 g/mol. The van der Waals surface area contributed by atoms with Gasteiger partial charge in [0.25, 0.3) is 11.8 Å². The molecular formula is C24H20Cl3N3O6. The first-order valence-electron chi connectivity index (χ1n) is 10.9. The van der Waals surface area contributed by atoms with E-state index in [1.807, 2.05) is 0 Å². The minimum Gasteiger partial charge on any atom is -0.452 e. The lowest BCUT2D eigenvalue weighted by molar-refractivity contribution is -0.125. The van der Waals surface area contributed by atoms with Gasteiger partial charge in [-0.25, -0.2) is 4.79 Å². The van der Waals surface area contributed by atoms with E-state index in [1.165, 1.54) is 48.5 Å². The summed E-state index contributed by atoms with van der Waals surface area (Å²) in [7, 11) is 0. The number of carbonyl (C=O) groups excluding carboxylic acids is 5. The van der Waals surface area contributed by atoms with Gasteiger partial charge in [0.15, 0.2) is 6.61 Å². The van der Waals surface area contributed by atoms with Crippen molar-refractivity contribution in [3.05, 3.63) is 64.7 Å². The number of anilines is 1. The van der Waals surface area contributed by atoms with Gasteiger partial charge in [0.05, 0.1) is 33.8 Å².